The summed E-state index contributed by atoms with van der Waals surface area (Å²) in [5.41, 5.74) is -0.345. The fourth-order valence-corrected chi connectivity index (χ4v) is 9.52. The summed E-state index contributed by atoms with van der Waals surface area (Å²) in [6.45, 7) is 16.4. The van der Waals surface area contributed by atoms with Crippen molar-refractivity contribution in [2.75, 3.05) is 36.4 Å². The van der Waals surface area contributed by atoms with Crippen LogP contribution in [-0.4, -0.2) is 86.1 Å². The number of hydrogen-bond donors (Lipinski definition) is 5. The fraction of sp³-hybridized carbons (Fsp3) is 0.457. The summed E-state index contributed by atoms with van der Waals surface area (Å²) in [5, 5.41) is 40.2. The zero-order valence-electron chi connectivity index (χ0n) is 36.0. The quantitative estimate of drug-likeness (QED) is 0.0456. The topological polar surface area (TPSA) is 210 Å². The molecule has 330 valence electrons. The van der Waals surface area contributed by atoms with Crippen molar-refractivity contribution in [3.63, 3.8) is 0 Å². The molecule has 1 amide bonds. The Morgan fingerprint density at radius 1 is 1.05 bits per heavy atom. The standard InChI is InChI=1S/C46H53IN4O11/c1-21-11-9-12-23(3)45(58)50-37-40(56)32-31(36-43(37)61-30-20-28(19-29(53)35(30)49-36)51-16-14-48-15-17-51)33-42(26(6)39(32)55)62-46(8,44(33)57)59-18-10-13-22(2)41(60-27(7)52)25(5)34(47)24(4)38(21)54/h9-12,18-22,24-25,34,38,41,48,53-55H,13-17H2,1-8H3,(H,50,58)/b11-9+,18-10+,23-12-/t21-,22+,24-,25+,34+,38-,41+,46-/m0/s1. The maximum Gasteiger partial charge on any atom is 0.312 e. The van der Waals surface area contributed by atoms with Crippen LogP contribution >= 0.6 is 22.6 Å². The number of benzene rings is 3. The number of anilines is 2. The zero-order valence-corrected chi connectivity index (χ0v) is 38.2. The van der Waals surface area contributed by atoms with Gasteiger partial charge in [-0.1, -0.05) is 68.5 Å². The highest BCUT2D eigenvalue weighted by atomic mass is 127. The van der Waals surface area contributed by atoms with Crippen molar-refractivity contribution in [3.05, 3.63) is 69.6 Å². The highest BCUT2D eigenvalue weighted by Gasteiger charge is 2.50. The van der Waals surface area contributed by atoms with Gasteiger partial charge in [-0.2, -0.15) is 0 Å². The van der Waals surface area contributed by atoms with Crippen LogP contribution in [0.1, 0.15) is 70.8 Å². The van der Waals surface area contributed by atoms with E-state index < -0.39 is 46.8 Å². The number of phenolic OH excluding ortho intramolecular Hbond substituents is 2. The molecule has 16 heteroatoms. The molecule has 62 heavy (non-hydrogen) atoms. The van der Waals surface area contributed by atoms with Gasteiger partial charge in [-0.3, -0.25) is 19.2 Å². The van der Waals surface area contributed by atoms with E-state index in [1.165, 1.54) is 27.0 Å². The number of Topliss-reactive ketones (excluding diaryl/α,β-unsaturated/α-hetero) is 1. The van der Waals surface area contributed by atoms with Gasteiger partial charge in [-0.25, -0.2) is 4.98 Å². The molecule has 5 aliphatic heterocycles. The molecule has 2 aromatic rings. The Kier molecular flexibility index (Phi) is 12.7. The predicted molar refractivity (Wildman–Crippen MR) is 243 cm³/mol. The molecule has 6 aliphatic rings. The molecular weight excluding hydrogens is 911 g/mol. The molecular formula is C46H53IN4O11. The maximum atomic E-state index is 14.7. The molecule has 0 aromatic heterocycles. The summed E-state index contributed by atoms with van der Waals surface area (Å²) in [7, 11) is 0. The third-order valence-electron chi connectivity index (χ3n) is 12.4. The Morgan fingerprint density at radius 2 is 1.76 bits per heavy atom. The monoisotopic (exact) mass is 964 g/mol. The molecule has 8 atom stereocenters. The third kappa shape index (κ3) is 8.12. The lowest BCUT2D eigenvalue weighted by Gasteiger charge is -2.36. The number of esters is 1. The number of halogens is 1. The largest absolute Gasteiger partial charge is 0.507 e. The van der Waals surface area contributed by atoms with Gasteiger partial charge in [0.2, 0.25) is 5.43 Å². The van der Waals surface area contributed by atoms with E-state index in [0.717, 1.165) is 13.1 Å². The minimum Gasteiger partial charge on any atom is -0.507 e. The number of aliphatic hydroxyl groups excluding tert-OH is 1. The molecule has 15 nitrogen and oxygen atoms in total. The Labute approximate surface area is 372 Å². The summed E-state index contributed by atoms with van der Waals surface area (Å²) in [6.07, 6.45) is 7.10. The number of rotatable bonds is 2. The number of phenols is 2. The van der Waals surface area contributed by atoms with Crippen LogP contribution in [0.25, 0.3) is 33.3 Å². The summed E-state index contributed by atoms with van der Waals surface area (Å²) >= 11 is 2.30. The van der Waals surface area contributed by atoms with Crippen LogP contribution in [0.3, 0.4) is 0 Å². The summed E-state index contributed by atoms with van der Waals surface area (Å²) in [5.74, 6) is -5.70. The molecule has 5 heterocycles. The number of aromatic hydroxyl groups is 2. The Balaban J connectivity index is 1.43. The molecule has 1 saturated heterocycles. The highest BCUT2D eigenvalue weighted by molar-refractivity contribution is 14.1. The number of fused-ring (bicyclic) bond motifs is 14. The van der Waals surface area contributed by atoms with E-state index in [1.807, 2.05) is 27.7 Å². The number of ketones is 1. The van der Waals surface area contributed by atoms with Gasteiger partial charge in [0, 0.05) is 90.1 Å². The number of aliphatic hydroxyl groups is 1. The number of carbonyl (C=O) groups is 3. The van der Waals surface area contributed by atoms with E-state index in [4.69, 9.17) is 23.6 Å². The van der Waals surface area contributed by atoms with Gasteiger partial charge in [-0.15, -0.1) is 0 Å². The minimum atomic E-state index is -1.97. The van der Waals surface area contributed by atoms with E-state index in [9.17, 15) is 34.5 Å². The number of alkyl halides is 1. The van der Waals surface area contributed by atoms with Crippen molar-refractivity contribution in [2.24, 2.45) is 23.7 Å². The van der Waals surface area contributed by atoms with Crippen molar-refractivity contribution < 1.29 is 48.3 Å². The normalized spacial score (nSPS) is 29.5. The number of hydrogen-bond acceptors (Lipinski definition) is 14. The number of nitrogens with zero attached hydrogens (tertiary/aromatic N) is 2. The van der Waals surface area contributed by atoms with Gasteiger partial charge in [0.15, 0.2) is 11.3 Å². The van der Waals surface area contributed by atoms with Crippen molar-refractivity contribution >= 4 is 73.5 Å². The van der Waals surface area contributed by atoms with Gasteiger partial charge in [0.25, 0.3) is 11.7 Å². The predicted octanol–water partition coefficient (Wildman–Crippen LogP) is 6.88. The number of amides is 1. The summed E-state index contributed by atoms with van der Waals surface area (Å²) in [6, 6.07) is 3.25. The summed E-state index contributed by atoms with van der Waals surface area (Å²) in [4.78, 5) is 62.5. The second kappa shape index (κ2) is 17.5. The average molecular weight is 965 g/mol. The molecule has 1 aliphatic carbocycles. The minimum absolute atomic E-state index is 0.0140. The first kappa shape index (κ1) is 44.8. The van der Waals surface area contributed by atoms with Crippen molar-refractivity contribution in [3.8, 4) is 28.7 Å². The number of ether oxygens (including phenoxy) is 3. The number of piperazine rings is 1. The molecule has 0 radical (unpaired) electrons. The molecule has 5 bridgehead atoms. The molecule has 8 rings (SSSR count). The van der Waals surface area contributed by atoms with E-state index in [0.29, 0.717) is 25.2 Å². The number of nitrogens with one attached hydrogen (secondary N) is 2. The number of aromatic nitrogens is 1. The number of carbonyl (C=O) groups excluding carboxylic acids is 3. The first-order valence-corrected chi connectivity index (χ1v) is 22.1. The third-order valence-corrected chi connectivity index (χ3v) is 14.7. The van der Waals surface area contributed by atoms with Crippen molar-refractivity contribution in [1.29, 1.82) is 0 Å². The van der Waals surface area contributed by atoms with Crippen LogP contribution in [0, 0.1) is 30.6 Å². The van der Waals surface area contributed by atoms with Gasteiger partial charge in [-0.05, 0) is 38.2 Å². The zero-order chi connectivity index (χ0) is 44.9. The molecule has 0 unspecified atom stereocenters. The lowest BCUT2D eigenvalue weighted by molar-refractivity contribution is -0.152. The smallest absolute Gasteiger partial charge is 0.312 e. The van der Waals surface area contributed by atoms with Gasteiger partial charge >= 0.3 is 11.8 Å². The van der Waals surface area contributed by atoms with E-state index in [-0.39, 0.29) is 94.8 Å². The van der Waals surface area contributed by atoms with Crippen LogP contribution in [0.15, 0.2) is 57.5 Å². The van der Waals surface area contributed by atoms with Crippen molar-refractivity contribution in [2.45, 2.75) is 83.7 Å². The van der Waals surface area contributed by atoms with Crippen LogP contribution in [-0.2, 0) is 19.1 Å². The summed E-state index contributed by atoms with van der Waals surface area (Å²) < 4.78 is 24.5. The number of allylic oxidation sites excluding steroid dienone is 3. The van der Waals surface area contributed by atoms with Gasteiger partial charge in [0.1, 0.15) is 40.3 Å². The van der Waals surface area contributed by atoms with E-state index >= 15 is 0 Å². The molecule has 2 aromatic carbocycles. The Morgan fingerprint density at radius 3 is 2.45 bits per heavy atom. The van der Waals surface area contributed by atoms with E-state index in [1.54, 1.807) is 43.4 Å². The lowest BCUT2D eigenvalue weighted by Crippen LogP contribution is -2.43. The first-order chi connectivity index (χ1) is 29.3. The fourth-order valence-electron chi connectivity index (χ4n) is 8.68. The molecule has 0 saturated carbocycles. The van der Waals surface area contributed by atoms with Crippen LogP contribution in [0.4, 0.5) is 11.4 Å². The van der Waals surface area contributed by atoms with E-state index in [2.05, 4.69) is 38.1 Å². The second-order valence-electron chi connectivity index (χ2n) is 16.9. The molecule has 5 N–H and O–H groups in total. The second-order valence-corrected chi connectivity index (χ2v) is 18.4. The molecule has 1 fully saturated rings. The van der Waals surface area contributed by atoms with Crippen LogP contribution < -0.4 is 25.7 Å². The first-order valence-electron chi connectivity index (χ1n) is 20.8. The molecule has 0 spiro atoms. The lowest BCUT2D eigenvalue weighted by atomic mass is 9.81. The average Bonchev–Trinajstić information content (AvgIpc) is 3.51. The van der Waals surface area contributed by atoms with Crippen molar-refractivity contribution in [1.82, 2.24) is 10.3 Å². The van der Waals surface area contributed by atoms with Gasteiger partial charge in [0.05, 0.1) is 23.3 Å². The van der Waals surface area contributed by atoms with Crippen LogP contribution in [0.5, 0.6) is 17.2 Å². The Hall–Kier alpha value is -5.20. The van der Waals surface area contributed by atoms with Gasteiger partial charge < -0.3 is 49.5 Å². The highest BCUT2D eigenvalue weighted by Crippen LogP contribution is 2.51. The van der Waals surface area contributed by atoms with Crippen LogP contribution in [0.2, 0.25) is 0 Å². The SMILES string of the molecule is CC(=O)O[C@H]1[C@H](C)[C@H](I)[C@H](C)[C@@H](O)[C@@H](C)/C=C/C=C(/C)C(=O)Nc2c3oc4cc(N5CCNCC5)cc(O)c4nc-3c3c4c(c(C)c(O)c3c2=O)O[C@](C)(O/C=C/C[C@H]1C)C4=O. The Bertz CT molecular complexity index is 2580. The maximum absolute atomic E-state index is 14.7.